The van der Waals surface area contributed by atoms with Gasteiger partial charge in [-0.25, -0.2) is 19.9 Å². The second-order valence-corrected chi connectivity index (χ2v) is 15.5. The Morgan fingerprint density at radius 2 is 1.30 bits per heavy atom. The van der Waals surface area contributed by atoms with E-state index >= 15 is 0 Å². The minimum absolute atomic E-state index is 0.00528. The van der Waals surface area contributed by atoms with Gasteiger partial charge in [0.1, 0.15) is 29.0 Å². The zero-order valence-corrected chi connectivity index (χ0v) is 32.0. The molecule has 13 nitrogen and oxygen atoms in total. The summed E-state index contributed by atoms with van der Waals surface area (Å²) in [6.45, 7) is 11.4. The number of aryl methyl sites for hydroxylation is 2. The molecule has 2 amide bonds. The van der Waals surface area contributed by atoms with Gasteiger partial charge in [-0.2, -0.15) is 0 Å². The molecule has 5 atom stereocenters. The Labute approximate surface area is 315 Å². The molecule has 1 N–H and O–H groups in total. The Hall–Kier alpha value is -5.20. The molecule has 2 saturated heterocycles. The number of methoxy groups -OCH3 is 1. The zero-order chi connectivity index (χ0) is 37.7. The largest absolute Gasteiger partial charge is 0.497 e. The van der Waals surface area contributed by atoms with Gasteiger partial charge >= 0.3 is 0 Å². The van der Waals surface area contributed by atoms with Crippen molar-refractivity contribution < 1.29 is 23.8 Å². The Morgan fingerprint density at radius 1 is 0.759 bits per heavy atom. The Bertz CT molecular complexity index is 2170. The molecule has 4 aromatic heterocycles. The lowest BCUT2D eigenvalue weighted by molar-refractivity contribution is -0.129. The number of hydrogen-bond acceptors (Lipinski definition) is 9. The van der Waals surface area contributed by atoms with E-state index in [2.05, 4.69) is 36.3 Å². The molecule has 0 radical (unpaired) electrons. The average molecular weight is 735 g/mol. The molecule has 1 aromatic carbocycles. The van der Waals surface area contributed by atoms with Crippen molar-refractivity contribution in [3.8, 4) is 17.5 Å². The number of aromatic nitrogens is 6. The summed E-state index contributed by atoms with van der Waals surface area (Å²) in [5, 5.41) is 2.86. The highest BCUT2D eigenvalue weighted by Crippen LogP contribution is 2.41. The van der Waals surface area contributed by atoms with Crippen LogP contribution in [0.15, 0.2) is 49.1 Å². The number of carbonyl (C=O) groups excluding carboxylic acids is 2. The summed E-state index contributed by atoms with van der Waals surface area (Å²) in [5.74, 6) is 2.67. The summed E-state index contributed by atoms with van der Waals surface area (Å²) in [4.78, 5) is 44.6. The van der Waals surface area contributed by atoms with Gasteiger partial charge in [-0.1, -0.05) is 12.1 Å². The van der Waals surface area contributed by atoms with Crippen molar-refractivity contribution in [3.05, 3.63) is 66.0 Å². The molecule has 2 aliphatic carbocycles. The number of likely N-dealkylation sites (tertiary alicyclic amines) is 1. The predicted octanol–water partition coefficient (Wildman–Crippen LogP) is 6.44. The van der Waals surface area contributed by atoms with Crippen molar-refractivity contribution in [2.24, 2.45) is 11.8 Å². The number of imidazole rings is 2. The number of rotatable bonds is 11. The van der Waals surface area contributed by atoms with Crippen LogP contribution in [0.3, 0.4) is 0 Å². The van der Waals surface area contributed by atoms with E-state index in [0.29, 0.717) is 49.8 Å². The summed E-state index contributed by atoms with van der Waals surface area (Å²) in [6.07, 6.45) is 9.33. The third kappa shape index (κ3) is 7.32. The van der Waals surface area contributed by atoms with Crippen LogP contribution in [0.5, 0.6) is 17.5 Å². The number of benzene rings is 1. The van der Waals surface area contributed by atoms with Crippen molar-refractivity contribution >= 4 is 33.9 Å². The van der Waals surface area contributed by atoms with E-state index in [1.807, 2.05) is 81.6 Å². The fourth-order valence-corrected chi connectivity index (χ4v) is 7.73. The predicted molar refractivity (Wildman–Crippen MR) is 204 cm³/mol. The first-order valence-electron chi connectivity index (χ1n) is 19.3. The van der Waals surface area contributed by atoms with Gasteiger partial charge in [0.25, 0.3) is 0 Å². The summed E-state index contributed by atoms with van der Waals surface area (Å²) in [5.41, 5.74) is 6.69. The zero-order valence-electron chi connectivity index (χ0n) is 32.0. The Kier molecular flexibility index (Phi) is 9.65. The molecule has 54 heavy (non-hydrogen) atoms. The summed E-state index contributed by atoms with van der Waals surface area (Å²) < 4.78 is 22.2. The van der Waals surface area contributed by atoms with E-state index in [9.17, 15) is 9.59 Å². The van der Waals surface area contributed by atoms with Crippen LogP contribution in [-0.4, -0.2) is 78.2 Å². The van der Waals surface area contributed by atoms with Gasteiger partial charge < -0.3 is 33.6 Å². The minimum atomic E-state index is -0.132. The van der Waals surface area contributed by atoms with Gasteiger partial charge in [0, 0.05) is 61.2 Å². The maximum atomic E-state index is 12.9. The fraction of sp³-hybridized carbons (Fsp3) is 0.512. The molecule has 6 heterocycles. The van der Waals surface area contributed by atoms with Crippen molar-refractivity contribution in [1.29, 1.82) is 0 Å². The SMILES string of the molecule is COc1ccc([C@@H](C)N2C[C@H]([C@@H](C)Oc3nc(C)cc4ncn(C5CC5)c34)CC2=O)cc1.Cc1cc2ncn(C3CC3)c2c(O[C@H](C)[C@H]2CNC(=O)C2)n1. The molecule has 0 unspecified atom stereocenters. The highest BCUT2D eigenvalue weighted by atomic mass is 16.5. The van der Waals surface area contributed by atoms with Crippen LogP contribution < -0.4 is 19.5 Å². The fourth-order valence-electron chi connectivity index (χ4n) is 7.73. The second kappa shape index (κ2) is 14.6. The van der Waals surface area contributed by atoms with Crippen LogP contribution in [-0.2, 0) is 9.59 Å². The van der Waals surface area contributed by atoms with Crippen LogP contribution in [0, 0.1) is 25.7 Å². The quantitative estimate of drug-likeness (QED) is 0.163. The smallest absolute Gasteiger partial charge is 0.240 e. The van der Waals surface area contributed by atoms with E-state index in [0.717, 1.165) is 44.8 Å². The van der Waals surface area contributed by atoms with E-state index in [1.165, 1.54) is 25.7 Å². The molecule has 4 fully saturated rings. The van der Waals surface area contributed by atoms with Gasteiger partial charge in [0.05, 0.1) is 36.8 Å². The normalized spacial score (nSPS) is 21.5. The maximum Gasteiger partial charge on any atom is 0.240 e. The van der Waals surface area contributed by atoms with Crippen LogP contribution in [0.4, 0.5) is 0 Å². The number of carbonyl (C=O) groups is 2. The molecule has 4 aliphatic rings. The third-order valence-corrected chi connectivity index (χ3v) is 11.4. The minimum Gasteiger partial charge on any atom is -0.497 e. The molecule has 13 heteroatoms. The van der Waals surface area contributed by atoms with E-state index in [4.69, 9.17) is 19.2 Å². The number of ether oxygens (including phenoxy) is 3. The molecule has 2 saturated carbocycles. The van der Waals surface area contributed by atoms with Gasteiger partial charge in [-0.05, 0) is 90.1 Å². The summed E-state index contributed by atoms with van der Waals surface area (Å²) in [7, 11) is 1.66. The van der Waals surface area contributed by atoms with Gasteiger partial charge in [0.2, 0.25) is 23.6 Å². The summed E-state index contributed by atoms with van der Waals surface area (Å²) >= 11 is 0. The standard InChI is InChI=1S/C25H30N4O3.C16H20N4O2/c1-15-11-22-24(29(14-26-22)20-7-8-20)25(27-15)32-17(3)19-12-23(30)28(13-19)16(2)18-5-9-21(31-4)10-6-18;1-9-5-13-15(20(8-18-13)12-3-4-12)16(19-9)22-10(2)11-6-14(21)17-7-11/h5-6,9-11,14,16-17,19-20H,7-8,12-13H2,1-4H3;5,8,10-12H,3-4,6-7H2,1-2H3,(H,17,21)/t16-,17-,19-;10-,11-/m11/s1. The van der Waals surface area contributed by atoms with Crippen molar-refractivity contribution in [2.75, 3.05) is 20.2 Å². The van der Waals surface area contributed by atoms with Crippen molar-refractivity contribution in [3.63, 3.8) is 0 Å². The number of fused-ring (bicyclic) bond motifs is 2. The number of pyridine rings is 2. The van der Waals surface area contributed by atoms with Gasteiger partial charge in [-0.15, -0.1) is 0 Å². The molecular formula is C41H50N8O5. The van der Waals surface area contributed by atoms with Crippen LogP contribution in [0.25, 0.3) is 22.1 Å². The number of nitrogens with one attached hydrogen (secondary N) is 1. The third-order valence-electron chi connectivity index (χ3n) is 11.4. The second-order valence-electron chi connectivity index (χ2n) is 15.5. The van der Waals surface area contributed by atoms with E-state index < -0.39 is 0 Å². The van der Waals surface area contributed by atoms with Gasteiger partial charge in [0.15, 0.2) is 0 Å². The highest BCUT2D eigenvalue weighted by molar-refractivity contribution is 5.82. The van der Waals surface area contributed by atoms with Crippen molar-refractivity contribution in [2.45, 2.75) is 103 Å². The molecule has 2 aliphatic heterocycles. The number of nitrogens with zero attached hydrogens (tertiary/aromatic N) is 7. The van der Waals surface area contributed by atoms with Crippen LogP contribution in [0.2, 0.25) is 0 Å². The molecular weight excluding hydrogens is 685 g/mol. The van der Waals surface area contributed by atoms with Gasteiger partial charge in [-0.3, -0.25) is 9.59 Å². The monoisotopic (exact) mass is 734 g/mol. The maximum absolute atomic E-state index is 12.9. The summed E-state index contributed by atoms with van der Waals surface area (Å²) in [6, 6.07) is 13.0. The first-order valence-corrected chi connectivity index (χ1v) is 19.3. The Morgan fingerprint density at radius 3 is 1.78 bits per heavy atom. The number of amides is 2. The molecule has 0 bridgehead atoms. The van der Waals surface area contributed by atoms with Crippen molar-refractivity contribution in [1.82, 2.24) is 39.3 Å². The lowest BCUT2D eigenvalue weighted by atomic mass is 10.0. The molecule has 0 spiro atoms. The van der Waals surface area contributed by atoms with E-state index in [-0.39, 0.29) is 41.9 Å². The topological polar surface area (TPSA) is 139 Å². The van der Waals surface area contributed by atoms with Crippen LogP contribution in [0.1, 0.15) is 94.4 Å². The Balaban J connectivity index is 0.000000164. The lowest BCUT2D eigenvalue weighted by Crippen LogP contribution is -2.31. The van der Waals surface area contributed by atoms with Crippen LogP contribution >= 0.6 is 0 Å². The molecule has 284 valence electrons. The molecule has 9 rings (SSSR count). The number of hydrogen-bond donors (Lipinski definition) is 1. The average Bonchev–Trinajstić information content (AvgIpc) is 4.00. The first-order chi connectivity index (χ1) is 26.1. The first kappa shape index (κ1) is 35.8. The molecule has 5 aromatic rings. The van der Waals surface area contributed by atoms with E-state index in [1.54, 1.807) is 7.11 Å². The lowest BCUT2D eigenvalue weighted by Gasteiger charge is -2.26. The highest BCUT2D eigenvalue weighted by Gasteiger charge is 2.38.